The van der Waals surface area contributed by atoms with Crippen molar-refractivity contribution in [2.45, 2.75) is 25.9 Å². The third-order valence-electron chi connectivity index (χ3n) is 2.22. The largest absolute Gasteiger partial charge is 0.458 e. The maximum Gasteiger partial charge on any atom is 0.343 e. The van der Waals surface area contributed by atoms with Gasteiger partial charge in [-0.15, -0.1) is 23.5 Å². The van der Waals surface area contributed by atoms with Crippen LogP contribution in [0.25, 0.3) is 0 Å². The van der Waals surface area contributed by atoms with Crippen LogP contribution < -0.4 is 0 Å². The fourth-order valence-electron chi connectivity index (χ4n) is 1.53. The molecule has 1 atom stereocenters. The zero-order valence-electron chi connectivity index (χ0n) is 8.45. The van der Waals surface area contributed by atoms with Gasteiger partial charge in [0.1, 0.15) is 11.7 Å². The van der Waals surface area contributed by atoms with E-state index in [0.29, 0.717) is 12.0 Å². The van der Waals surface area contributed by atoms with Gasteiger partial charge in [-0.25, -0.2) is 4.79 Å². The molecular formula is C10H12O3S2. The van der Waals surface area contributed by atoms with Gasteiger partial charge < -0.3 is 4.74 Å². The summed E-state index contributed by atoms with van der Waals surface area (Å²) < 4.78 is 5.94. The minimum absolute atomic E-state index is 0.0596. The van der Waals surface area contributed by atoms with Crippen molar-refractivity contribution in [2.24, 2.45) is 0 Å². The van der Waals surface area contributed by atoms with Crippen LogP contribution >= 0.6 is 23.5 Å². The standard InChI is InChI=1S/C10H12O3S2/c1-6-5-7(11)8(9(12)13-6)10-14-3-2-4-15-10/h6H,2-5H2,1H3. The number of thioether (sulfide) groups is 2. The number of hydrogen-bond acceptors (Lipinski definition) is 5. The Kier molecular flexibility index (Phi) is 3.41. The van der Waals surface area contributed by atoms with E-state index < -0.39 is 5.97 Å². The topological polar surface area (TPSA) is 43.4 Å². The molecule has 2 heterocycles. The highest BCUT2D eigenvalue weighted by atomic mass is 32.2. The van der Waals surface area contributed by atoms with Crippen LogP contribution in [-0.2, 0) is 14.3 Å². The molecule has 5 heteroatoms. The molecule has 0 spiro atoms. The zero-order chi connectivity index (χ0) is 10.8. The number of esters is 1. The van der Waals surface area contributed by atoms with Gasteiger partial charge in [-0.2, -0.15) is 0 Å². The van der Waals surface area contributed by atoms with E-state index in [1.807, 2.05) is 0 Å². The van der Waals surface area contributed by atoms with Gasteiger partial charge in [-0.3, -0.25) is 4.79 Å². The van der Waals surface area contributed by atoms with Crippen LogP contribution in [0, 0.1) is 0 Å². The Balaban J connectivity index is 2.25. The first-order chi connectivity index (χ1) is 7.18. The predicted molar refractivity (Wildman–Crippen MR) is 61.7 cm³/mol. The minimum atomic E-state index is -0.435. The fraction of sp³-hybridized carbons (Fsp3) is 0.600. The van der Waals surface area contributed by atoms with Crippen LogP contribution in [0.1, 0.15) is 19.8 Å². The highest BCUT2D eigenvalue weighted by Crippen LogP contribution is 2.39. The summed E-state index contributed by atoms with van der Waals surface area (Å²) in [6.45, 7) is 1.75. The van der Waals surface area contributed by atoms with Gasteiger partial charge in [-0.05, 0) is 24.9 Å². The van der Waals surface area contributed by atoms with Gasteiger partial charge in [0.05, 0.1) is 4.24 Å². The van der Waals surface area contributed by atoms with Crippen molar-refractivity contribution in [2.75, 3.05) is 11.5 Å². The Morgan fingerprint density at radius 2 is 1.93 bits per heavy atom. The van der Waals surface area contributed by atoms with Crippen molar-refractivity contribution in [3.05, 3.63) is 9.81 Å². The highest BCUT2D eigenvalue weighted by molar-refractivity contribution is 8.22. The Morgan fingerprint density at radius 3 is 2.53 bits per heavy atom. The Hall–Kier alpha value is -0.420. The average molecular weight is 244 g/mol. The monoisotopic (exact) mass is 244 g/mol. The van der Waals surface area contributed by atoms with Crippen molar-refractivity contribution in [3.63, 3.8) is 0 Å². The number of cyclic esters (lactones) is 1. The predicted octanol–water partition coefficient (Wildman–Crippen LogP) is 1.97. The molecule has 0 aromatic heterocycles. The normalized spacial score (nSPS) is 27.9. The number of carbonyl (C=O) groups is 2. The number of ketones is 1. The molecule has 0 aromatic carbocycles. The van der Waals surface area contributed by atoms with Crippen LogP contribution in [0.3, 0.4) is 0 Å². The Labute approximate surface area is 97.0 Å². The molecule has 2 aliphatic heterocycles. The van der Waals surface area contributed by atoms with Crippen molar-refractivity contribution in [3.8, 4) is 0 Å². The van der Waals surface area contributed by atoms with Gasteiger partial charge >= 0.3 is 5.97 Å². The first-order valence-corrected chi connectivity index (χ1v) is 6.89. The van der Waals surface area contributed by atoms with Crippen LogP contribution in [0.5, 0.6) is 0 Å². The highest BCUT2D eigenvalue weighted by Gasteiger charge is 2.33. The summed E-state index contributed by atoms with van der Waals surface area (Å²) in [4.78, 5) is 23.3. The Bertz CT molecular complexity index is 308. The summed E-state index contributed by atoms with van der Waals surface area (Å²) in [5, 5.41) is 0. The van der Waals surface area contributed by atoms with E-state index in [4.69, 9.17) is 4.74 Å². The molecule has 2 saturated heterocycles. The maximum absolute atomic E-state index is 11.7. The lowest BCUT2D eigenvalue weighted by atomic mass is 10.0. The maximum atomic E-state index is 11.7. The molecule has 15 heavy (non-hydrogen) atoms. The van der Waals surface area contributed by atoms with Gasteiger partial charge in [0, 0.05) is 6.42 Å². The van der Waals surface area contributed by atoms with Crippen molar-refractivity contribution >= 4 is 35.3 Å². The first kappa shape index (κ1) is 11.1. The summed E-state index contributed by atoms with van der Waals surface area (Å²) in [6.07, 6.45) is 1.19. The fourth-order valence-corrected chi connectivity index (χ4v) is 4.18. The molecule has 0 bridgehead atoms. The van der Waals surface area contributed by atoms with Gasteiger partial charge in [-0.1, -0.05) is 0 Å². The SMILES string of the molecule is CC1CC(=O)C(=C2SCCCS2)C(=O)O1. The molecule has 1 unspecified atom stereocenters. The molecule has 2 aliphatic rings. The summed E-state index contributed by atoms with van der Waals surface area (Å²) in [7, 11) is 0. The number of rotatable bonds is 0. The molecule has 0 aromatic rings. The van der Waals surface area contributed by atoms with Gasteiger partial charge in [0.2, 0.25) is 0 Å². The van der Waals surface area contributed by atoms with Crippen molar-refractivity contribution in [1.82, 2.24) is 0 Å². The second kappa shape index (κ2) is 4.61. The van der Waals surface area contributed by atoms with Crippen molar-refractivity contribution < 1.29 is 14.3 Å². The lowest BCUT2D eigenvalue weighted by Crippen LogP contribution is -2.31. The van der Waals surface area contributed by atoms with E-state index in [1.165, 1.54) is 0 Å². The van der Waals surface area contributed by atoms with Crippen LogP contribution in [0.4, 0.5) is 0 Å². The Morgan fingerprint density at radius 1 is 1.27 bits per heavy atom. The quantitative estimate of drug-likeness (QED) is 0.370. The molecule has 0 N–H and O–H groups in total. The molecule has 3 nitrogen and oxygen atoms in total. The summed E-state index contributed by atoms with van der Waals surface area (Å²) in [5.74, 6) is 1.48. The molecule has 0 aliphatic carbocycles. The first-order valence-electron chi connectivity index (χ1n) is 4.92. The lowest BCUT2D eigenvalue weighted by Gasteiger charge is -2.23. The van der Waals surface area contributed by atoms with Crippen LogP contribution in [0.15, 0.2) is 9.81 Å². The smallest absolute Gasteiger partial charge is 0.343 e. The molecular weight excluding hydrogens is 232 g/mol. The zero-order valence-corrected chi connectivity index (χ0v) is 10.1. The second-order valence-corrected chi connectivity index (χ2v) is 6.02. The van der Waals surface area contributed by atoms with Gasteiger partial charge in [0.15, 0.2) is 5.78 Å². The van der Waals surface area contributed by atoms with E-state index >= 15 is 0 Å². The summed E-state index contributed by atoms with van der Waals surface area (Å²) >= 11 is 3.20. The molecule has 0 radical (unpaired) electrons. The number of Topliss-reactive ketones (excluding diaryl/α,β-unsaturated/α-hetero) is 1. The third kappa shape index (κ3) is 2.39. The van der Waals surface area contributed by atoms with Gasteiger partial charge in [0.25, 0.3) is 0 Å². The summed E-state index contributed by atoms with van der Waals surface area (Å²) in [5.41, 5.74) is 0.294. The van der Waals surface area contributed by atoms with Crippen LogP contribution in [0.2, 0.25) is 0 Å². The van der Waals surface area contributed by atoms with E-state index in [9.17, 15) is 9.59 Å². The molecule has 2 rings (SSSR count). The van der Waals surface area contributed by atoms with E-state index in [2.05, 4.69) is 0 Å². The van der Waals surface area contributed by atoms with Crippen LogP contribution in [-0.4, -0.2) is 29.4 Å². The molecule has 0 amide bonds. The van der Waals surface area contributed by atoms with Crippen molar-refractivity contribution in [1.29, 1.82) is 0 Å². The molecule has 0 saturated carbocycles. The molecule has 2 fully saturated rings. The summed E-state index contributed by atoms with van der Waals surface area (Å²) in [6, 6.07) is 0. The number of ether oxygens (including phenoxy) is 1. The third-order valence-corrected chi connectivity index (χ3v) is 4.85. The number of carbonyl (C=O) groups excluding carboxylic acids is 2. The minimum Gasteiger partial charge on any atom is -0.458 e. The molecule has 82 valence electrons. The van der Waals surface area contributed by atoms with E-state index in [1.54, 1.807) is 30.4 Å². The number of hydrogen-bond donors (Lipinski definition) is 0. The second-order valence-electron chi connectivity index (χ2n) is 3.56. The lowest BCUT2D eigenvalue weighted by molar-refractivity contribution is -0.149. The van der Waals surface area contributed by atoms with E-state index in [-0.39, 0.29) is 11.9 Å². The average Bonchev–Trinajstić information content (AvgIpc) is 2.17. The van der Waals surface area contributed by atoms with E-state index in [0.717, 1.165) is 22.2 Å².